The van der Waals surface area contributed by atoms with Crippen LogP contribution in [0.25, 0.3) is 42.6 Å². The number of aromatic nitrogens is 8. The summed E-state index contributed by atoms with van der Waals surface area (Å²) >= 11 is 4.85. The topological polar surface area (TPSA) is 399 Å². The third-order valence-electron chi connectivity index (χ3n) is 29.1. The second kappa shape index (κ2) is 48.0. The number of hydrogen-bond donors (Lipinski definition) is 4. The summed E-state index contributed by atoms with van der Waals surface area (Å²) in [4.78, 5) is 135. The van der Waals surface area contributed by atoms with Crippen molar-refractivity contribution in [1.82, 2.24) is 60.2 Å². The van der Waals surface area contributed by atoms with E-state index in [4.69, 9.17) is 22.5 Å². The fraction of sp³-hybridized carbons (Fsp3) is 0.517. The number of amides is 4. The van der Waals surface area contributed by atoms with Gasteiger partial charge in [-0.25, -0.2) is 19.9 Å². The zero-order chi connectivity index (χ0) is 107. The molecule has 4 aliphatic heterocycles. The van der Waals surface area contributed by atoms with Crippen molar-refractivity contribution in [3.05, 3.63) is 235 Å². The molecule has 12 heterocycles. The van der Waals surface area contributed by atoms with Crippen molar-refractivity contribution < 1.29 is 81.3 Å². The van der Waals surface area contributed by atoms with E-state index in [1.54, 1.807) is 53.6 Å². The molecule has 8 aromatic heterocycles. The molecular weight excluding hydrogens is 1930 g/mol. The number of carbonyl (C=O) groups excluding carboxylic acids is 8. The van der Waals surface area contributed by atoms with Crippen LogP contribution in [0.3, 0.4) is 0 Å². The van der Waals surface area contributed by atoms with Gasteiger partial charge in [-0.3, -0.25) is 38.4 Å². The first-order valence-electron chi connectivity index (χ1n) is 52.0. The van der Waals surface area contributed by atoms with E-state index >= 15 is 0 Å². The number of β-amino-alcohol motifs (C(OH)–C–C–N with tert-alkyl or cyclic N) is 4. The largest absolute Gasteiger partial charge is 0.443 e. The summed E-state index contributed by atoms with van der Waals surface area (Å²) in [7, 11) is 0. The number of aryl methyl sites for hydroxylation is 8. The second-order valence-corrected chi connectivity index (χ2v) is 47.9. The molecule has 12 aromatic rings. The minimum atomic E-state index is -0.727. The van der Waals surface area contributed by atoms with Crippen molar-refractivity contribution in [1.29, 1.82) is 0 Å². The van der Waals surface area contributed by atoms with Crippen LogP contribution in [0.2, 0.25) is 0 Å². The Kier molecular flexibility index (Phi) is 36.3. The maximum absolute atomic E-state index is 13.9. The molecule has 0 spiro atoms. The first kappa shape index (κ1) is 112. The molecule has 4 N–H and O–H groups in total. The van der Waals surface area contributed by atoms with Gasteiger partial charge in [0.05, 0.1) is 131 Å². The number of ketones is 4. The second-order valence-electron chi connectivity index (χ2n) is 45.3. The predicted molar refractivity (Wildman–Crippen MR) is 570 cm³/mol. The average Bonchev–Trinajstić information content (AvgIpc) is 1.60. The van der Waals surface area contributed by atoms with E-state index in [-0.39, 0.29) is 144 Å². The van der Waals surface area contributed by atoms with Crippen LogP contribution >= 0.6 is 34.0 Å². The summed E-state index contributed by atoms with van der Waals surface area (Å²) in [5.74, 6) is -0.0289. The van der Waals surface area contributed by atoms with Gasteiger partial charge in [0.2, 0.25) is 23.6 Å². The Balaban J connectivity index is 0.000000156. The van der Waals surface area contributed by atoms with Crippen LogP contribution in [-0.2, 0) is 85.7 Å². The first-order valence-corrected chi connectivity index (χ1v) is 54.7. The van der Waals surface area contributed by atoms with Crippen LogP contribution in [-0.4, -0.2) is 202 Å². The fourth-order valence-electron chi connectivity index (χ4n) is 20.0. The molecule has 5 aliphatic rings. The minimum Gasteiger partial charge on any atom is -0.443 e. The molecule has 4 saturated heterocycles. The SMILES string of the molecule is CCC(C(=O)N1CC(O)CC1C(=O)CCc1ccc(-c2scnc2C)cc1)c1cc(C(C)(C)C)no1.Cc1ncoc1-c1ccc(CCC(=O)C2CC(O)CN2C(=O)C(c2cc(C(C)(C)C)no2)C(C)C)cc1.Cc1ncsc1-c1ccc(CCC(=O)C2CC(O)CN2C(=O)C(c2cc(C(C)(C)C)no2)C(C)C)cc1.Cc1ncsc1-c1ccc(CCC(=O)C2CC(O)CN2C(=O)C(c2cc(C(C)(C)C)no2)C2CCC2)cc1. The Morgan fingerprint density at radius 1 is 0.372 bits per heavy atom. The highest BCUT2D eigenvalue weighted by molar-refractivity contribution is 7.14. The number of Topliss-reactive ketones (excluding diaryl/α,β-unsaturated/α-hetero) is 4. The Hall–Kier alpha value is -11.8. The van der Waals surface area contributed by atoms with Gasteiger partial charge in [0.25, 0.3) is 0 Å². The molecule has 790 valence electrons. The molecule has 148 heavy (non-hydrogen) atoms. The fourth-order valence-corrected chi connectivity index (χ4v) is 22.4. The summed E-state index contributed by atoms with van der Waals surface area (Å²) in [6, 6.07) is 37.4. The smallest absolute Gasteiger partial charge is 0.234 e. The molecule has 4 amide bonds. The highest BCUT2D eigenvalue weighted by atomic mass is 32.1. The maximum atomic E-state index is 13.9. The van der Waals surface area contributed by atoms with E-state index in [9.17, 15) is 58.8 Å². The van der Waals surface area contributed by atoms with Crippen LogP contribution in [0.5, 0.6) is 0 Å². The van der Waals surface area contributed by atoms with Crippen molar-refractivity contribution in [2.24, 2.45) is 17.8 Å². The monoisotopic (exact) mass is 2080 g/mol. The lowest BCUT2D eigenvalue weighted by Gasteiger charge is -2.35. The summed E-state index contributed by atoms with van der Waals surface area (Å²) in [6.07, 6.45) is 6.72. The number of aliphatic hydroxyl groups excluding tert-OH is 4. The van der Waals surface area contributed by atoms with Crippen LogP contribution in [0.1, 0.15) is 309 Å². The summed E-state index contributed by atoms with van der Waals surface area (Å²) in [5.41, 5.74) is 20.3. The van der Waals surface area contributed by atoms with Gasteiger partial charge in [-0.2, -0.15) is 0 Å². The molecule has 12 atom stereocenters. The van der Waals surface area contributed by atoms with Gasteiger partial charge in [-0.1, -0.05) is 242 Å². The molecule has 1 aliphatic carbocycles. The van der Waals surface area contributed by atoms with Crippen LogP contribution in [0, 0.1) is 45.4 Å². The van der Waals surface area contributed by atoms with Gasteiger partial charge < -0.3 is 62.5 Å². The molecule has 32 heteroatoms. The van der Waals surface area contributed by atoms with Crippen molar-refractivity contribution in [3.8, 4) is 42.6 Å². The Labute approximate surface area is 880 Å². The van der Waals surface area contributed by atoms with E-state index in [1.807, 2.05) is 214 Å². The lowest BCUT2D eigenvalue weighted by atomic mass is 9.74. The number of benzene rings is 4. The van der Waals surface area contributed by atoms with Gasteiger partial charge in [0.1, 0.15) is 40.8 Å². The Morgan fingerprint density at radius 3 is 0.919 bits per heavy atom. The molecular formula is C116H146N12O17S3. The van der Waals surface area contributed by atoms with E-state index in [2.05, 4.69) is 110 Å². The van der Waals surface area contributed by atoms with Crippen molar-refractivity contribution in [2.45, 2.75) is 342 Å². The van der Waals surface area contributed by atoms with Gasteiger partial charge in [0, 0.05) is 129 Å². The number of rotatable bonds is 32. The van der Waals surface area contributed by atoms with Crippen molar-refractivity contribution >= 4 is 80.8 Å². The third-order valence-corrected chi connectivity index (χ3v) is 32.1. The van der Waals surface area contributed by atoms with Crippen molar-refractivity contribution in [3.63, 3.8) is 0 Å². The van der Waals surface area contributed by atoms with Gasteiger partial charge in [0.15, 0.2) is 35.3 Å². The zero-order valence-corrected chi connectivity index (χ0v) is 91.8. The third kappa shape index (κ3) is 27.1. The Bertz CT molecular complexity index is 6330. The van der Waals surface area contributed by atoms with E-state index in [0.29, 0.717) is 74.4 Å². The number of hydrogen-bond acceptors (Lipinski definition) is 28. The first-order chi connectivity index (χ1) is 70.1. The lowest BCUT2D eigenvalue weighted by Crippen LogP contribution is -2.45. The molecule has 12 unspecified atom stereocenters. The Morgan fingerprint density at radius 2 is 0.655 bits per heavy atom. The summed E-state index contributed by atoms with van der Waals surface area (Å²) in [6.45, 7) is 42.8. The predicted octanol–water partition coefficient (Wildman–Crippen LogP) is 20.7. The van der Waals surface area contributed by atoms with Gasteiger partial charge >= 0.3 is 0 Å². The highest BCUT2D eigenvalue weighted by Crippen LogP contribution is 2.45. The molecule has 4 aromatic carbocycles. The quantitative estimate of drug-likeness (QED) is 0.0304. The lowest BCUT2D eigenvalue weighted by molar-refractivity contribution is -0.141. The van der Waals surface area contributed by atoms with E-state index < -0.39 is 72.3 Å². The molecule has 29 nitrogen and oxygen atoms in total. The number of oxazole rings is 1. The van der Waals surface area contributed by atoms with Crippen molar-refractivity contribution in [2.75, 3.05) is 26.2 Å². The number of thiazole rings is 3. The van der Waals surface area contributed by atoms with E-state index in [1.165, 1.54) is 6.39 Å². The summed E-state index contributed by atoms with van der Waals surface area (Å²) < 4.78 is 27.9. The zero-order valence-electron chi connectivity index (χ0n) is 89.3. The maximum Gasteiger partial charge on any atom is 0.234 e. The standard InChI is InChI=1S/C30H37N3O4S.C29H37N3O5.C29H37N3O4S.C28H35N3O4S/c1-18-28(38-17-31-18)21-11-8-19(9-12-21)10-13-24(35)23-14-22(34)16-33(23)29(36)27(20-6-5-7-20)25-15-26(32-37-25)30(2,3)4;1-17(2)26(24-14-25(31-37-24)29(4,5)6)28(35)32-15-21(33)13-22(32)23(34)12-9-19-7-10-20(11-8-19)27-18(3)30-16-36-27;1-17(2)26(24-14-25(31-36-24)29(4,5)6)28(35)32-15-21(33)13-22(32)23(34)12-9-19-7-10-20(11-8-19)27-18(3)30-16-37-27;1-6-21(24-14-25(30-35-24)28(3,4)5)27(34)31-15-20(32)13-22(31)23(33)12-9-18-7-10-19(11-8-18)26-17(2)29-16-36-26/h8-9,11-12,15,17,20,22-23,27,34H,5-7,10,13-14,16H2,1-4H3;2*7-8,10-11,14,16-17,21-22,26,33H,9,12-13,15H2,1-6H3;7-8,10-11,14,16,20-22,32H,6,9,12-13,15H2,1-5H3. The van der Waals surface area contributed by atoms with E-state index in [0.717, 1.165) is 130 Å². The highest BCUT2D eigenvalue weighted by Gasteiger charge is 2.50. The number of carbonyl (C=O) groups is 8. The molecule has 0 bridgehead atoms. The minimum absolute atomic E-state index is 0.00223. The van der Waals surface area contributed by atoms with Gasteiger partial charge in [-0.05, 0) is 129 Å². The molecule has 0 radical (unpaired) electrons. The molecule has 5 fully saturated rings. The normalized spacial score (nSPS) is 19.5. The number of aliphatic hydroxyl groups is 4. The molecule has 1 saturated carbocycles. The van der Waals surface area contributed by atoms with Crippen LogP contribution < -0.4 is 0 Å². The van der Waals surface area contributed by atoms with Crippen LogP contribution in [0.15, 0.2) is 167 Å². The molecule has 17 rings (SSSR count). The van der Waals surface area contributed by atoms with Crippen LogP contribution in [0.4, 0.5) is 0 Å². The number of nitrogens with zero attached hydrogens (tertiary/aromatic N) is 12. The summed E-state index contributed by atoms with van der Waals surface area (Å²) in [5, 5.41) is 58.4. The number of likely N-dealkylation sites (tertiary alicyclic amines) is 4. The van der Waals surface area contributed by atoms with Gasteiger partial charge in [-0.15, -0.1) is 34.0 Å². The average molecular weight is 2080 g/mol.